The molecule has 0 saturated carbocycles. The number of aryl methyl sites for hydroxylation is 1. The highest BCUT2D eigenvalue weighted by atomic mass is 31.2. The molecule has 0 heterocycles. The van der Waals surface area contributed by atoms with Crippen molar-refractivity contribution < 1.29 is 0 Å². The fraction of sp³-hybridized carbons (Fsp3) is 0.0455. The van der Waals surface area contributed by atoms with E-state index in [1.165, 1.54) is 37.4 Å². The normalized spacial score (nSPS) is 11.5. The molecule has 4 heteroatoms. The van der Waals surface area contributed by atoms with Gasteiger partial charge in [0.05, 0.1) is 26.3 Å². The maximum atomic E-state index is 5.92. The summed E-state index contributed by atoms with van der Waals surface area (Å²) in [6, 6.07) is 71.8. The first-order valence-electron chi connectivity index (χ1n) is 16.3. The highest BCUT2D eigenvalue weighted by Gasteiger charge is 2.29. The van der Waals surface area contributed by atoms with Gasteiger partial charge in [0.1, 0.15) is 0 Å². The third kappa shape index (κ3) is 6.18. The lowest BCUT2D eigenvalue weighted by Crippen LogP contribution is -2.25. The maximum absolute atomic E-state index is 5.92. The molecule has 0 spiro atoms. The summed E-state index contributed by atoms with van der Waals surface area (Å²) in [7, 11) is -4.85. The molecule has 0 aliphatic carbocycles. The van der Waals surface area contributed by atoms with E-state index in [1.807, 2.05) is 0 Å². The van der Waals surface area contributed by atoms with Crippen molar-refractivity contribution in [2.45, 2.75) is 13.5 Å². The first-order valence-corrected chi connectivity index (χ1v) is 19.8. The van der Waals surface area contributed by atoms with Crippen molar-refractivity contribution in [1.82, 2.24) is 0 Å². The second kappa shape index (κ2) is 14.4. The average Bonchev–Trinajstić information content (AvgIpc) is 3.17. The number of rotatable bonds is 9. The number of benzene rings is 7. The van der Waals surface area contributed by atoms with Crippen LogP contribution in [-0.4, -0.2) is 0 Å². The third-order valence-electron chi connectivity index (χ3n) is 8.73. The van der Waals surface area contributed by atoms with Gasteiger partial charge in [0.2, 0.25) is 0 Å². The second-order valence-corrected chi connectivity index (χ2v) is 17.9. The highest BCUT2D eigenvalue weighted by Crippen LogP contribution is 2.51. The quantitative estimate of drug-likeness (QED) is 0.138. The summed E-state index contributed by atoms with van der Waals surface area (Å²) >= 11 is 0. The molecule has 7 rings (SSSR count). The van der Waals surface area contributed by atoms with Crippen LogP contribution in [0.4, 0.5) is 5.69 Å². The van der Waals surface area contributed by atoms with Crippen LogP contribution in [-0.2, 0) is 6.54 Å². The predicted molar refractivity (Wildman–Crippen MR) is 210 cm³/mol. The van der Waals surface area contributed by atoms with Crippen molar-refractivity contribution in [3.8, 4) is 0 Å². The van der Waals surface area contributed by atoms with Gasteiger partial charge in [0.15, 0.2) is 0 Å². The molecule has 7 aromatic rings. The lowest BCUT2D eigenvalue weighted by molar-refractivity contribution is 1.08. The van der Waals surface area contributed by atoms with E-state index in [4.69, 9.17) is 9.49 Å². The summed E-state index contributed by atoms with van der Waals surface area (Å²) in [6.45, 7) is 2.70. The molecule has 0 aromatic heterocycles. The van der Waals surface area contributed by atoms with Crippen LogP contribution in [0.15, 0.2) is 210 Å². The zero-order valence-electron chi connectivity index (χ0n) is 27.0. The molecule has 0 aliphatic rings. The van der Waals surface area contributed by atoms with Gasteiger partial charge in [-0.15, -0.1) is 0 Å². The second-order valence-electron chi connectivity index (χ2n) is 11.8. The van der Waals surface area contributed by atoms with Crippen LogP contribution >= 0.6 is 14.1 Å². The van der Waals surface area contributed by atoms with Crippen LogP contribution in [0.5, 0.6) is 0 Å². The number of hydrogen-bond acceptors (Lipinski definition) is 2. The summed E-state index contributed by atoms with van der Waals surface area (Å²) in [6.07, 6.45) is 0. The SMILES string of the molecule is Cc1ccc(N=P(c2ccccc2)(c2ccccc2)c2ccccc2)c(CN=P(c2ccccc2)(c2ccccc2)c2ccccc2)c1. The molecule has 0 radical (unpaired) electrons. The van der Waals surface area contributed by atoms with Gasteiger partial charge in [-0.25, -0.2) is 0 Å². The molecule has 0 unspecified atom stereocenters. The van der Waals surface area contributed by atoms with Gasteiger partial charge in [-0.2, -0.15) is 0 Å². The largest absolute Gasteiger partial charge is 0.285 e. The molecular formula is C44H38N2P2. The van der Waals surface area contributed by atoms with Crippen LogP contribution in [0.25, 0.3) is 0 Å². The third-order valence-corrected chi connectivity index (χ3v) is 16.1. The summed E-state index contributed by atoms with van der Waals surface area (Å²) in [5.41, 5.74) is 3.32. The van der Waals surface area contributed by atoms with Gasteiger partial charge < -0.3 is 0 Å². The molecule has 234 valence electrons. The fourth-order valence-corrected chi connectivity index (χ4v) is 13.6. The van der Waals surface area contributed by atoms with E-state index in [-0.39, 0.29) is 0 Å². The van der Waals surface area contributed by atoms with Crippen LogP contribution in [0.3, 0.4) is 0 Å². The zero-order chi connectivity index (χ0) is 32.7. The lowest BCUT2D eigenvalue weighted by Gasteiger charge is -2.28. The van der Waals surface area contributed by atoms with Crippen LogP contribution in [0.2, 0.25) is 0 Å². The van der Waals surface area contributed by atoms with E-state index in [9.17, 15) is 0 Å². The molecule has 0 fully saturated rings. The van der Waals surface area contributed by atoms with Crippen molar-refractivity contribution >= 4 is 51.6 Å². The molecule has 0 bridgehead atoms. The molecule has 0 aliphatic heterocycles. The number of nitrogens with zero attached hydrogens (tertiary/aromatic N) is 2. The van der Waals surface area contributed by atoms with Crippen molar-refractivity contribution in [2.75, 3.05) is 0 Å². The van der Waals surface area contributed by atoms with E-state index in [1.54, 1.807) is 0 Å². The minimum atomic E-state index is -2.46. The smallest absolute Gasteiger partial charge is 0.0676 e. The van der Waals surface area contributed by atoms with Gasteiger partial charge in [0.25, 0.3) is 0 Å². The lowest BCUT2D eigenvalue weighted by atomic mass is 10.1. The Morgan fingerprint density at radius 3 is 1.02 bits per heavy atom. The van der Waals surface area contributed by atoms with Crippen molar-refractivity contribution in [1.29, 1.82) is 0 Å². The summed E-state index contributed by atoms with van der Waals surface area (Å²) in [5, 5.41) is 7.41. The van der Waals surface area contributed by atoms with Gasteiger partial charge in [-0.1, -0.05) is 200 Å². The molecule has 48 heavy (non-hydrogen) atoms. The Balaban J connectivity index is 1.52. The van der Waals surface area contributed by atoms with E-state index in [0.717, 1.165) is 11.3 Å². The molecule has 2 nitrogen and oxygen atoms in total. The minimum absolute atomic E-state index is 0.533. The van der Waals surface area contributed by atoms with Crippen LogP contribution in [0, 0.1) is 6.92 Å². The van der Waals surface area contributed by atoms with E-state index in [0.29, 0.717) is 6.54 Å². The van der Waals surface area contributed by atoms with Gasteiger partial charge in [-0.05, 0) is 18.6 Å². The maximum Gasteiger partial charge on any atom is 0.0676 e. The minimum Gasteiger partial charge on any atom is -0.285 e. The Bertz CT molecular complexity index is 1990. The Morgan fingerprint density at radius 1 is 0.375 bits per heavy atom. The topological polar surface area (TPSA) is 24.7 Å². The molecule has 0 amide bonds. The van der Waals surface area contributed by atoms with Gasteiger partial charge in [-0.3, -0.25) is 9.49 Å². The number of hydrogen-bond donors (Lipinski definition) is 0. The van der Waals surface area contributed by atoms with E-state index in [2.05, 4.69) is 207 Å². The highest BCUT2D eigenvalue weighted by molar-refractivity contribution is 7.87. The average molecular weight is 657 g/mol. The van der Waals surface area contributed by atoms with Crippen molar-refractivity contribution in [2.24, 2.45) is 9.49 Å². The van der Waals surface area contributed by atoms with Gasteiger partial charge >= 0.3 is 0 Å². The summed E-state index contributed by atoms with van der Waals surface area (Å²) in [4.78, 5) is 0. The van der Waals surface area contributed by atoms with Crippen LogP contribution < -0.4 is 31.8 Å². The Labute approximate surface area is 284 Å². The standard InChI is InChI=1S/C44H38N2P2/c1-36-32-33-44(46-48(41-26-14-5-15-27-41,42-28-16-6-17-29-42)43-30-18-7-19-31-43)37(34-36)35-45-47(38-20-8-2-9-21-38,39-22-10-3-11-23-39)40-24-12-4-13-25-40/h2-34H,35H2,1H3. The first kappa shape index (κ1) is 31.6. The molecule has 0 N–H and O–H groups in total. The van der Waals surface area contributed by atoms with E-state index < -0.39 is 14.1 Å². The zero-order valence-corrected chi connectivity index (χ0v) is 28.8. The Kier molecular flexibility index (Phi) is 9.48. The summed E-state index contributed by atoms with van der Waals surface area (Å²) < 4.78 is 11.8. The molecule has 0 saturated heterocycles. The molecule has 0 atom stereocenters. The summed E-state index contributed by atoms with van der Waals surface area (Å²) in [5.74, 6) is 0. The van der Waals surface area contributed by atoms with Crippen molar-refractivity contribution in [3.05, 3.63) is 211 Å². The first-order chi connectivity index (χ1) is 23.7. The predicted octanol–water partition coefficient (Wildman–Crippen LogP) is 9.48. The fourth-order valence-electron chi connectivity index (χ4n) is 6.46. The van der Waals surface area contributed by atoms with Gasteiger partial charge in [0, 0.05) is 31.8 Å². The van der Waals surface area contributed by atoms with E-state index >= 15 is 0 Å². The molecule has 7 aromatic carbocycles. The Hall–Kier alpha value is -5.00. The monoisotopic (exact) mass is 656 g/mol. The van der Waals surface area contributed by atoms with Crippen molar-refractivity contribution in [3.63, 3.8) is 0 Å². The van der Waals surface area contributed by atoms with Crippen LogP contribution in [0.1, 0.15) is 11.1 Å². The Morgan fingerprint density at radius 2 is 0.688 bits per heavy atom. The molecular weight excluding hydrogens is 618 g/mol.